The van der Waals surface area contributed by atoms with Gasteiger partial charge in [-0.05, 0) is 64.8 Å². The highest BCUT2D eigenvalue weighted by Crippen LogP contribution is 2.33. The molecule has 1 amide bonds. The van der Waals surface area contributed by atoms with Crippen LogP contribution in [0.2, 0.25) is 0 Å². The molecule has 1 aliphatic rings. The highest BCUT2D eigenvalue weighted by atomic mass is 79.9. The Morgan fingerprint density at radius 2 is 1.97 bits per heavy atom. The molecule has 8 nitrogen and oxygen atoms in total. The van der Waals surface area contributed by atoms with Gasteiger partial charge in [-0.25, -0.2) is 4.98 Å². The van der Waals surface area contributed by atoms with Crippen LogP contribution >= 0.6 is 28.3 Å². The standard InChI is InChI=1S/C22H23BrN6O2.ClH/c1-29-8-7-13-10-19(31-2)18(9-14(13)12-29)27-22-25-11-15(20(24)30)21(28-22)26-17-6-4-3-5-16(17)23;/h3-6,9-11H,7-8,12H2,1-2H3,(H2,24,30)(H2,25,26,27,28);1H. The molecule has 4 N–H and O–H groups in total. The van der Waals surface area contributed by atoms with Gasteiger partial charge in [0.15, 0.2) is 0 Å². The number of amides is 1. The zero-order valence-electron chi connectivity index (χ0n) is 17.7. The zero-order valence-corrected chi connectivity index (χ0v) is 20.1. The summed E-state index contributed by atoms with van der Waals surface area (Å²) in [5.41, 5.74) is 9.75. The first-order chi connectivity index (χ1) is 14.9. The monoisotopic (exact) mass is 518 g/mol. The molecule has 10 heteroatoms. The third kappa shape index (κ3) is 5.12. The van der Waals surface area contributed by atoms with E-state index in [0.29, 0.717) is 17.5 Å². The fourth-order valence-electron chi connectivity index (χ4n) is 3.52. The summed E-state index contributed by atoms with van der Waals surface area (Å²) in [4.78, 5) is 23.0. The van der Waals surface area contributed by atoms with Crippen LogP contribution in [0.5, 0.6) is 5.75 Å². The number of nitrogens with zero attached hydrogens (tertiary/aromatic N) is 3. The van der Waals surface area contributed by atoms with E-state index in [1.54, 1.807) is 7.11 Å². The first kappa shape index (κ1) is 23.8. The molecule has 168 valence electrons. The van der Waals surface area contributed by atoms with Gasteiger partial charge in [-0.1, -0.05) is 12.1 Å². The lowest BCUT2D eigenvalue weighted by Gasteiger charge is -2.26. The number of ether oxygens (including phenoxy) is 1. The molecule has 2 aromatic carbocycles. The summed E-state index contributed by atoms with van der Waals surface area (Å²) in [6.07, 6.45) is 2.39. The molecular weight excluding hydrogens is 496 g/mol. The summed E-state index contributed by atoms with van der Waals surface area (Å²) in [5.74, 6) is 0.734. The Bertz CT molecular complexity index is 1140. The molecule has 1 aromatic heterocycles. The Balaban J connectivity index is 0.00000289. The van der Waals surface area contributed by atoms with E-state index in [0.717, 1.165) is 35.4 Å². The third-order valence-corrected chi connectivity index (χ3v) is 5.84. The Morgan fingerprint density at radius 1 is 1.19 bits per heavy atom. The predicted molar refractivity (Wildman–Crippen MR) is 132 cm³/mol. The topological polar surface area (TPSA) is 105 Å². The average Bonchev–Trinajstić information content (AvgIpc) is 2.75. The molecule has 0 unspecified atom stereocenters. The van der Waals surface area contributed by atoms with Crippen LogP contribution < -0.4 is 21.1 Å². The molecule has 0 bridgehead atoms. The van der Waals surface area contributed by atoms with Crippen molar-refractivity contribution in [3.8, 4) is 5.75 Å². The number of hydrogen-bond donors (Lipinski definition) is 3. The number of nitrogens with one attached hydrogen (secondary N) is 2. The van der Waals surface area contributed by atoms with Crippen molar-refractivity contribution in [3.05, 3.63) is 63.8 Å². The lowest BCUT2D eigenvalue weighted by molar-refractivity contribution is 0.100. The Kier molecular flexibility index (Phi) is 7.55. The number of para-hydroxylation sites is 1. The molecular formula is C22H24BrClN6O2. The van der Waals surface area contributed by atoms with E-state index in [4.69, 9.17) is 10.5 Å². The number of hydrogen-bond acceptors (Lipinski definition) is 7. The molecule has 3 aromatic rings. The smallest absolute Gasteiger partial charge is 0.254 e. The van der Waals surface area contributed by atoms with Gasteiger partial charge in [0.2, 0.25) is 5.95 Å². The van der Waals surface area contributed by atoms with Crippen molar-refractivity contribution in [1.82, 2.24) is 14.9 Å². The lowest BCUT2D eigenvalue weighted by Crippen LogP contribution is -2.26. The van der Waals surface area contributed by atoms with Gasteiger partial charge in [0.1, 0.15) is 17.1 Å². The maximum absolute atomic E-state index is 11.9. The van der Waals surface area contributed by atoms with E-state index in [2.05, 4.69) is 60.6 Å². The number of anilines is 4. The molecule has 4 rings (SSSR count). The Hall–Kier alpha value is -2.88. The maximum atomic E-state index is 11.9. The number of carbonyl (C=O) groups excluding carboxylic acids is 1. The maximum Gasteiger partial charge on any atom is 0.254 e. The van der Waals surface area contributed by atoms with Crippen LogP contribution in [0, 0.1) is 0 Å². The summed E-state index contributed by atoms with van der Waals surface area (Å²) in [6.45, 7) is 1.88. The van der Waals surface area contributed by atoms with E-state index >= 15 is 0 Å². The van der Waals surface area contributed by atoms with Crippen LogP contribution in [0.1, 0.15) is 21.5 Å². The van der Waals surface area contributed by atoms with E-state index in [1.165, 1.54) is 17.3 Å². The van der Waals surface area contributed by atoms with E-state index in [9.17, 15) is 4.79 Å². The van der Waals surface area contributed by atoms with Crippen LogP contribution in [0.4, 0.5) is 23.1 Å². The van der Waals surface area contributed by atoms with Crippen molar-refractivity contribution in [2.24, 2.45) is 5.73 Å². The summed E-state index contributed by atoms with van der Waals surface area (Å²) >= 11 is 3.49. The van der Waals surface area contributed by atoms with Crippen molar-refractivity contribution in [2.75, 3.05) is 31.3 Å². The number of halogens is 2. The fraction of sp³-hybridized carbons (Fsp3) is 0.227. The molecule has 0 saturated heterocycles. The van der Waals surface area contributed by atoms with E-state index in [-0.39, 0.29) is 18.0 Å². The van der Waals surface area contributed by atoms with Gasteiger partial charge in [0.05, 0.1) is 18.5 Å². The van der Waals surface area contributed by atoms with Crippen molar-refractivity contribution in [3.63, 3.8) is 0 Å². The van der Waals surface area contributed by atoms with Gasteiger partial charge in [-0.2, -0.15) is 4.98 Å². The van der Waals surface area contributed by atoms with Gasteiger partial charge in [0.25, 0.3) is 5.91 Å². The van der Waals surface area contributed by atoms with Crippen LogP contribution in [0.15, 0.2) is 47.1 Å². The second-order valence-corrected chi connectivity index (χ2v) is 8.21. The minimum atomic E-state index is -0.615. The van der Waals surface area contributed by atoms with E-state index < -0.39 is 5.91 Å². The molecule has 0 fully saturated rings. The number of methoxy groups -OCH3 is 1. The van der Waals surface area contributed by atoms with Crippen LogP contribution in [0.25, 0.3) is 0 Å². The summed E-state index contributed by atoms with van der Waals surface area (Å²) < 4.78 is 6.42. The number of benzene rings is 2. The summed E-state index contributed by atoms with van der Waals surface area (Å²) in [5, 5.41) is 6.38. The Morgan fingerprint density at radius 3 is 2.69 bits per heavy atom. The normalized spacial score (nSPS) is 13.0. The van der Waals surface area contributed by atoms with Gasteiger partial charge < -0.3 is 26.0 Å². The highest BCUT2D eigenvalue weighted by molar-refractivity contribution is 9.10. The van der Waals surface area contributed by atoms with E-state index in [1.807, 2.05) is 24.3 Å². The molecule has 0 radical (unpaired) electrons. The molecule has 0 spiro atoms. The highest BCUT2D eigenvalue weighted by Gasteiger charge is 2.18. The minimum absolute atomic E-state index is 0. The lowest BCUT2D eigenvalue weighted by atomic mass is 9.99. The molecule has 32 heavy (non-hydrogen) atoms. The SMILES string of the molecule is COc1cc2c(cc1Nc1ncc(C(N)=O)c(Nc3ccccc3Br)n1)CN(C)CC2.Cl. The first-order valence-electron chi connectivity index (χ1n) is 9.78. The molecule has 1 aliphatic heterocycles. The van der Waals surface area contributed by atoms with Crippen LogP contribution in [-0.4, -0.2) is 41.5 Å². The molecule has 2 heterocycles. The quantitative estimate of drug-likeness (QED) is 0.447. The van der Waals surface area contributed by atoms with Gasteiger partial charge >= 0.3 is 0 Å². The number of fused-ring (bicyclic) bond motifs is 1. The van der Waals surface area contributed by atoms with Gasteiger partial charge in [-0.3, -0.25) is 4.79 Å². The van der Waals surface area contributed by atoms with Gasteiger partial charge in [0, 0.05) is 23.8 Å². The fourth-order valence-corrected chi connectivity index (χ4v) is 3.91. The largest absolute Gasteiger partial charge is 0.495 e. The second kappa shape index (κ2) is 10.2. The average molecular weight is 520 g/mol. The number of carbonyl (C=O) groups is 1. The summed E-state index contributed by atoms with van der Waals surface area (Å²) in [6, 6.07) is 11.7. The third-order valence-electron chi connectivity index (χ3n) is 5.15. The van der Waals surface area contributed by atoms with Crippen LogP contribution in [-0.2, 0) is 13.0 Å². The van der Waals surface area contributed by atoms with Crippen molar-refractivity contribution >= 4 is 57.4 Å². The predicted octanol–water partition coefficient (Wildman–Crippen LogP) is 4.24. The zero-order chi connectivity index (χ0) is 22.0. The van der Waals surface area contributed by atoms with Crippen molar-refractivity contribution < 1.29 is 9.53 Å². The van der Waals surface area contributed by atoms with Crippen LogP contribution in [0.3, 0.4) is 0 Å². The number of nitrogens with two attached hydrogens (primary N) is 1. The molecule has 0 saturated carbocycles. The van der Waals surface area contributed by atoms with Crippen molar-refractivity contribution in [1.29, 1.82) is 0 Å². The van der Waals surface area contributed by atoms with Gasteiger partial charge in [-0.15, -0.1) is 12.4 Å². The Labute approximate surface area is 201 Å². The number of rotatable bonds is 6. The first-order valence-corrected chi connectivity index (χ1v) is 10.6. The summed E-state index contributed by atoms with van der Waals surface area (Å²) in [7, 11) is 3.74. The number of likely N-dealkylation sites (N-methyl/N-ethyl adjacent to an activating group) is 1. The second-order valence-electron chi connectivity index (χ2n) is 7.36. The minimum Gasteiger partial charge on any atom is -0.495 e. The molecule has 0 aliphatic carbocycles. The molecule has 0 atom stereocenters. The van der Waals surface area contributed by atoms with Crippen molar-refractivity contribution in [2.45, 2.75) is 13.0 Å². The number of aromatic nitrogens is 2. The number of primary amides is 1.